The molecule has 1 aliphatic carbocycles. The molecule has 270 valence electrons. The van der Waals surface area contributed by atoms with Crippen molar-refractivity contribution in [1.82, 2.24) is 15.1 Å². The van der Waals surface area contributed by atoms with Crippen molar-refractivity contribution in [3.8, 4) is 0 Å². The van der Waals surface area contributed by atoms with Crippen molar-refractivity contribution in [2.24, 2.45) is 5.92 Å². The van der Waals surface area contributed by atoms with Gasteiger partial charge in [0.2, 0.25) is 0 Å². The Morgan fingerprint density at radius 3 is 2.18 bits per heavy atom. The molecule has 3 aliphatic rings. The van der Waals surface area contributed by atoms with Gasteiger partial charge in [0.05, 0.1) is 0 Å². The number of rotatable bonds is 10. The Bertz CT molecular complexity index is 1940. The topological polar surface area (TPSA) is 133 Å². The number of carbonyl (C=O) groups excluding carboxylic acids is 4. The van der Waals surface area contributed by atoms with E-state index >= 15 is 0 Å². The van der Waals surface area contributed by atoms with E-state index in [4.69, 9.17) is 34.8 Å². The van der Waals surface area contributed by atoms with Gasteiger partial charge in [0.15, 0.2) is 0 Å². The van der Waals surface area contributed by atoms with Crippen molar-refractivity contribution in [3.05, 3.63) is 92.9 Å². The molecule has 0 spiro atoms. The van der Waals surface area contributed by atoms with Gasteiger partial charge in [-0.2, -0.15) is 0 Å². The van der Waals surface area contributed by atoms with Crippen LogP contribution in [0.25, 0.3) is 0 Å². The van der Waals surface area contributed by atoms with Gasteiger partial charge in [-0.15, -0.1) is 0 Å². The molecular weight excluding hydrogens is 798 g/mol. The summed E-state index contributed by atoms with van der Waals surface area (Å²) in [6.07, 6.45) is 2.96. The number of halogens is 3. The second-order valence-electron chi connectivity index (χ2n) is 13.4. The van der Waals surface area contributed by atoms with Crippen LogP contribution in [0.15, 0.2) is 71.6 Å². The van der Waals surface area contributed by atoms with Crippen LogP contribution >= 0.6 is 34.8 Å². The Morgan fingerprint density at radius 2 is 1.55 bits per heavy atom. The fraction of sp³-hybridized carbons (Fsp3) is 0.389. The van der Waals surface area contributed by atoms with Gasteiger partial charge in [0.25, 0.3) is 0 Å². The zero-order chi connectivity index (χ0) is 36.6. The number of nitrogens with one attached hydrogen (secondary N) is 2. The molecule has 3 amide bonds. The molecule has 2 N–H and O–H groups in total. The molecule has 2 heterocycles. The Morgan fingerprint density at radius 1 is 0.902 bits per heavy atom. The molecule has 2 aliphatic heterocycles. The van der Waals surface area contributed by atoms with Gasteiger partial charge < -0.3 is 0 Å². The van der Waals surface area contributed by atoms with Crippen LogP contribution in [0.2, 0.25) is 19.8 Å². The van der Waals surface area contributed by atoms with Gasteiger partial charge in [-0.25, -0.2) is 0 Å². The maximum atomic E-state index is 14.9. The van der Waals surface area contributed by atoms with E-state index in [-0.39, 0.29) is 56.0 Å². The summed E-state index contributed by atoms with van der Waals surface area (Å²) < 4.78 is 29.3. The third-order valence-electron chi connectivity index (χ3n) is 9.74. The fourth-order valence-electron chi connectivity index (χ4n) is 7.09. The standard InChI is InChI=1S/C36H38AsCl3N4O6S/c1-20(2)43-19-30-41-18-27(37-33(45)22-5-3-4-6-22)35(47)44(30)31(36(43)48)32(51(49,50)29-16-13-25(39)17-28(29)40)21-9-14-26(15-10-21)42-34(46)23-7-11-24(38)12-8-23/h7-17,20,22,27,30-32,37,41H,3-6,18-19H2,1-2H3,(H,42,46). The molecular formula is C36H38AsCl3N4O6S. The van der Waals surface area contributed by atoms with Gasteiger partial charge in [-0.1, -0.05) is 11.6 Å². The van der Waals surface area contributed by atoms with Crippen LogP contribution in [0.3, 0.4) is 0 Å². The molecule has 0 bridgehead atoms. The summed E-state index contributed by atoms with van der Waals surface area (Å²) in [5, 5.41) is 5.16. The van der Waals surface area contributed by atoms with Gasteiger partial charge >= 0.3 is 280 Å². The molecule has 51 heavy (non-hydrogen) atoms. The summed E-state index contributed by atoms with van der Waals surface area (Å²) in [5.74, 6) is -1.36. The molecule has 0 radical (unpaired) electrons. The van der Waals surface area contributed by atoms with Gasteiger partial charge in [-0.05, 0) is 24.3 Å². The molecule has 5 atom stereocenters. The number of anilines is 1. The SMILES string of the molecule is CC(C)N1CC2NCC([AsH]C(=O)C3CCCC3)C(=O)N2C(C(c2ccc(NC(=O)c3ccc(Cl)cc3)cc2)S(=O)(=O)c2ccc(Cl)cc2Cl)C1=O. The van der Waals surface area contributed by atoms with Crippen molar-refractivity contribution >= 4 is 88.4 Å². The number of hydrogen-bond donors (Lipinski definition) is 2. The minimum atomic E-state index is -4.51. The first-order valence-electron chi connectivity index (χ1n) is 16.8. The number of hydrogen-bond acceptors (Lipinski definition) is 7. The molecule has 0 aromatic heterocycles. The number of piperazine rings is 1. The average Bonchev–Trinajstić information content (AvgIpc) is 3.63. The second-order valence-corrected chi connectivity index (χ2v) is 19.8. The predicted molar refractivity (Wildman–Crippen MR) is 199 cm³/mol. The minimum absolute atomic E-state index is 0.0374. The Labute approximate surface area is 319 Å². The fourth-order valence-corrected chi connectivity index (χ4v) is 12.8. The van der Waals surface area contributed by atoms with Crippen molar-refractivity contribution in [2.75, 3.05) is 18.4 Å². The predicted octanol–water partition coefficient (Wildman–Crippen LogP) is 5.73. The van der Waals surface area contributed by atoms with Gasteiger partial charge in [0, 0.05) is 5.02 Å². The van der Waals surface area contributed by atoms with Crippen molar-refractivity contribution in [2.45, 2.75) is 72.6 Å². The number of sulfone groups is 1. The molecule has 6 rings (SSSR count). The summed E-state index contributed by atoms with van der Waals surface area (Å²) in [7, 11) is -4.51. The third kappa shape index (κ3) is 7.90. The summed E-state index contributed by atoms with van der Waals surface area (Å²) >= 11 is 17.2. The first-order chi connectivity index (χ1) is 24.3. The number of carbonyl (C=O) groups is 4. The summed E-state index contributed by atoms with van der Waals surface area (Å²) in [6, 6.07) is 14.7. The zero-order valence-electron chi connectivity index (χ0n) is 27.9. The van der Waals surface area contributed by atoms with Crippen LogP contribution in [0.4, 0.5) is 5.69 Å². The second kappa shape index (κ2) is 15.6. The monoisotopic (exact) mass is 834 g/mol. The number of fused-ring (bicyclic) bond motifs is 1. The van der Waals surface area contributed by atoms with Crippen LogP contribution < -0.4 is 10.6 Å². The van der Waals surface area contributed by atoms with Crippen LogP contribution in [0.5, 0.6) is 0 Å². The molecule has 2 saturated heterocycles. The van der Waals surface area contributed by atoms with Gasteiger partial charge in [-0.3, -0.25) is 0 Å². The third-order valence-corrected chi connectivity index (χ3v) is 16.0. The molecule has 15 heteroatoms. The molecule has 5 unspecified atom stereocenters. The van der Waals surface area contributed by atoms with E-state index in [2.05, 4.69) is 10.6 Å². The van der Waals surface area contributed by atoms with Crippen LogP contribution in [0.1, 0.15) is 60.7 Å². The van der Waals surface area contributed by atoms with Crippen LogP contribution in [-0.2, 0) is 24.2 Å². The first kappa shape index (κ1) is 37.8. The number of nitrogens with zero attached hydrogens (tertiary/aromatic N) is 2. The first-order valence-corrected chi connectivity index (χ1v) is 21.7. The molecule has 3 aromatic rings. The van der Waals surface area contributed by atoms with Crippen molar-refractivity contribution < 1.29 is 27.6 Å². The van der Waals surface area contributed by atoms with E-state index in [9.17, 15) is 27.6 Å². The van der Waals surface area contributed by atoms with E-state index in [1.165, 1.54) is 35.2 Å². The quantitative estimate of drug-likeness (QED) is 0.250. The maximum absolute atomic E-state index is 14.9. The Balaban J connectivity index is 1.42. The number of amides is 3. The van der Waals surface area contributed by atoms with Crippen LogP contribution in [-0.4, -0.2) is 87.6 Å². The summed E-state index contributed by atoms with van der Waals surface area (Å²) in [6.45, 7) is 4.12. The van der Waals surface area contributed by atoms with Crippen LogP contribution in [0, 0.1) is 5.92 Å². The van der Waals surface area contributed by atoms with E-state index in [0.29, 0.717) is 16.3 Å². The normalized spacial score (nSPS) is 22.1. The summed E-state index contributed by atoms with van der Waals surface area (Å²) in [4.78, 5) is 58.0. The van der Waals surface area contributed by atoms with E-state index < -0.39 is 59.6 Å². The van der Waals surface area contributed by atoms with E-state index in [0.717, 1.165) is 25.7 Å². The van der Waals surface area contributed by atoms with E-state index in [1.807, 2.05) is 13.8 Å². The number of benzene rings is 3. The molecule has 10 nitrogen and oxygen atoms in total. The van der Waals surface area contributed by atoms with E-state index in [1.54, 1.807) is 41.3 Å². The Hall–Kier alpha value is -2.92. The summed E-state index contributed by atoms with van der Waals surface area (Å²) in [5.41, 5.74) is 0.957. The van der Waals surface area contributed by atoms with Crippen molar-refractivity contribution in [3.63, 3.8) is 0 Å². The zero-order valence-corrected chi connectivity index (χ0v) is 33.1. The molecule has 3 aromatic carbocycles. The Kier molecular flexibility index (Phi) is 11.6. The van der Waals surface area contributed by atoms with Gasteiger partial charge in [0.1, 0.15) is 0 Å². The average molecular weight is 836 g/mol. The molecule has 3 fully saturated rings. The molecule has 1 saturated carbocycles. The van der Waals surface area contributed by atoms with Crippen molar-refractivity contribution in [1.29, 1.82) is 0 Å².